The molecule has 0 aromatic heterocycles. The first-order valence-corrected chi connectivity index (χ1v) is 8.73. The molecule has 0 bridgehead atoms. The fraction of sp³-hybridized carbons (Fsp3) is 0.368. The SMILES string of the molecule is Nc1ccc(NCCC(O)Nc2ccc(N(CCO)CCO)cc2)cc1. The molecule has 26 heavy (non-hydrogen) atoms. The van der Waals surface area contributed by atoms with Crippen LogP contribution in [0.15, 0.2) is 48.5 Å². The molecule has 2 aromatic carbocycles. The number of nitrogens with zero attached hydrogens (tertiary/aromatic N) is 1. The van der Waals surface area contributed by atoms with Gasteiger partial charge in [-0.1, -0.05) is 0 Å². The number of aliphatic hydroxyl groups excluding tert-OH is 3. The highest BCUT2D eigenvalue weighted by Gasteiger charge is 2.07. The molecule has 1 atom stereocenters. The van der Waals surface area contributed by atoms with Crippen LogP contribution in [0.5, 0.6) is 0 Å². The van der Waals surface area contributed by atoms with Crippen LogP contribution in [0.3, 0.4) is 0 Å². The molecule has 0 aliphatic carbocycles. The molecule has 0 aliphatic heterocycles. The van der Waals surface area contributed by atoms with E-state index in [0.717, 1.165) is 22.7 Å². The van der Waals surface area contributed by atoms with Gasteiger partial charge < -0.3 is 36.6 Å². The van der Waals surface area contributed by atoms with E-state index < -0.39 is 6.23 Å². The summed E-state index contributed by atoms with van der Waals surface area (Å²) in [6, 6.07) is 15.0. The molecule has 0 spiro atoms. The molecule has 0 fully saturated rings. The highest BCUT2D eigenvalue weighted by Crippen LogP contribution is 2.18. The lowest BCUT2D eigenvalue weighted by atomic mass is 10.2. The van der Waals surface area contributed by atoms with Crippen LogP contribution >= 0.6 is 0 Å². The third-order valence-corrected chi connectivity index (χ3v) is 3.96. The van der Waals surface area contributed by atoms with Crippen LogP contribution in [0.25, 0.3) is 0 Å². The number of nitrogen functional groups attached to an aromatic ring is 1. The third kappa shape index (κ3) is 6.44. The Morgan fingerprint density at radius 1 is 0.885 bits per heavy atom. The Labute approximate surface area is 154 Å². The van der Waals surface area contributed by atoms with Gasteiger partial charge in [0, 0.05) is 48.8 Å². The van der Waals surface area contributed by atoms with Gasteiger partial charge in [0.15, 0.2) is 0 Å². The molecule has 2 rings (SSSR count). The molecule has 7 N–H and O–H groups in total. The van der Waals surface area contributed by atoms with E-state index in [1.54, 1.807) is 0 Å². The zero-order chi connectivity index (χ0) is 18.8. The van der Waals surface area contributed by atoms with E-state index in [9.17, 15) is 5.11 Å². The predicted molar refractivity (Wildman–Crippen MR) is 106 cm³/mol. The first-order valence-electron chi connectivity index (χ1n) is 8.73. The van der Waals surface area contributed by atoms with Crippen molar-refractivity contribution in [2.75, 3.05) is 54.1 Å². The molecule has 142 valence electrons. The fourth-order valence-electron chi connectivity index (χ4n) is 2.60. The quantitative estimate of drug-likeness (QED) is 0.264. The monoisotopic (exact) mass is 360 g/mol. The van der Waals surface area contributed by atoms with E-state index in [4.69, 9.17) is 15.9 Å². The van der Waals surface area contributed by atoms with Crippen molar-refractivity contribution in [2.24, 2.45) is 0 Å². The summed E-state index contributed by atoms with van der Waals surface area (Å²) in [5, 5.41) is 34.6. The summed E-state index contributed by atoms with van der Waals surface area (Å²) in [6.45, 7) is 1.61. The second-order valence-electron chi connectivity index (χ2n) is 5.98. The van der Waals surface area contributed by atoms with Crippen molar-refractivity contribution in [3.8, 4) is 0 Å². The molecule has 7 nitrogen and oxygen atoms in total. The number of benzene rings is 2. The minimum absolute atomic E-state index is 0.0275. The van der Waals surface area contributed by atoms with Gasteiger partial charge in [-0.05, 0) is 48.5 Å². The molecule has 2 aromatic rings. The van der Waals surface area contributed by atoms with Crippen molar-refractivity contribution in [1.29, 1.82) is 0 Å². The highest BCUT2D eigenvalue weighted by molar-refractivity contribution is 5.55. The van der Waals surface area contributed by atoms with Crippen molar-refractivity contribution in [2.45, 2.75) is 12.6 Å². The van der Waals surface area contributed by atoms with E-state index in [-0.39, 0.29) is 13.2 Å². The fourth-order valence-corrected chi connectivity index (χ4v) is 2.60. The Kier molecular flexibility index (Phi) is 8.01. The first kappa shape index (κ1) is 19.8. The van der Waals surface area contributed by atoms with E-state index in [2.05, 4.69) is 10.6 Å². The average Bonchev–Trinajstić information content (AvgIpc) is 2.64. The van der Waals surface area contributed by atoms with E-state index in [1.807, 2.05) is 53.4 Å². The van der Waals surface area contributed by atoms with Crippen molar-refractivity contribution < 1.29 is 15.3 Å². The number of rotatable bonds is 11. The number of nitrogens with one attached hydrogen (secondary N) is 2. The van der Waals surface area contributed by atoms with Gasteiger partial charge in [-0.15, -0.1) is 0 Å². The maximum atomic E-state index is 10.1. The van der Waals surface area contributed by atoms with Crippen LogP contribution in [0.4, 0.5) is 22.7 Å². The maximum Gasteiger partial charge on any atom is 0.126 e. The molecular formula is C19H28N4O3. The standard InChI is InChI=1S/C19H28N4O3/c20-15-1-3-16(4-2-15)21-10-9-19(26)22-17-5-7-18(8-6-17)23(11-13-24)12-14-25/h1-8,19,21-22,24-26H,9-14,20H2. The molecule has 0 heterocycles. The molecule has 1 unspecified atom stereocenters. The molecule has 0 saturated heterocycles. The van der Waals surface area contributed by atoms with Gasteiger partial charge in [0.05, 0.1) is 13.2 Å². The van der Waals surface area contributed by atoms with Crippen LogP contribution in [0, 0.1) is 0 Å². The van der Waals surface area contributed by atoms with Crippen molar-refractivity contribution in [3.05, 3.63) is 48.5 Å². The first-order chi connectivity index (χ1) is 12.6. The third-order valence-electron chi connectivity index (χ3n) is 3.96. The Hall–Kier alpha value is -2.48. The Morgan fingerprint density at radius 3 is 2.04 bits per heavy atom. The summed E-state index contributed by atoms with van der Waals surface area (Å²) >= 11 is 0. The molecule has 0 aliphatic rings. The number of hydrogen-bond donors (Lipinski definition) is 6. The van der Waals surface area contributed by atoms with Crippen molar-refractivity contribution >= 4 is 22.7 Å². The lowest BCUT2D eigenvalue weighted by molar-refractivity contribution is 0.197. The van der Waals surface area contributed by atoms with Gasteiger partial charge >= 0.3 is 0 Å². The zero-order valence-corrected chi connectivity index (χ0v) is 14.8. The van der Waals surface area contributed by atoms with E-state index in [1.165, 1.54) is 0 Å². The predicted octanol–water partition coefficient (Wildman–Crippen LogP) is 1.29. The summed E-state index contributed by atoms with van der Waals surface area (Å²) in [5.74, 6) is 0. The van der Waals surface area contributed by atoms with Crippen LogP contribution in [0.2, 0.25) is 0 Å². The second-order valence-corrected chi connectivity index (χ2v) is 5.98. The van der Waals surface area contributed by atoms with E-state index >= 15 is 0 Å². The Bertz CT molecular complexity index is 628. The molecule has 0 saturated carbocycles. The van der Waals surface area contributed by atoms with Crippen LogP contribution in [0.1, 0.15) is 6.42 Å². The van der Waals surface area contributed by atoms with Gasteiger partial charge in [0.25, 0.3) is 0 Å². The Balaban J connectivity index is 1.79. The van der Waals surface area contributed by atoms with Gasteiger partial charge in [0.2, 0.25) is 0 Å². The van der Waals surface area contributed by atoms with Crippen LogP contribution in [-0.2, 0) is 0 Å². The minimum atomic E-state index is -0.673. The van der Waals surface area contributed by atoms with E-state index in [0.29, 0.717) is 26.1 Å². The molecule has 7 heteroatoms. The van der Waals surface area contributed by atoms with Crippen molar-refractivity contribution in [1.82, 2.24) is 0 Å². The number of hydrogen-bond acceptors (Lipinski definition) is 7. The largest absolute Gasteiger partial charge is 0.399 e. The lowest BCUT2D eigenvalue weighted by Crippen LogP contribution is -2.29. The molecule has 0 radical (unpaired) electrons. The lowest BCUT2D eigenvalue weighted by Gasteiger charge is -2.23. The number of aliphatic hydroxyl groups is 3. The smallest absolute Gasteiger partial charge is 0.126 e. The van der Waals surface area contributed by atoms with Gasteiger partial charge in [-0.25, -0.2) is 0 Å². The minimum Gasteiger partial charge on any atom is -0.399 e. The van der Waals surface area contributed by atoms with Gasteiger partial charge in [0.1, 0.15) is 6.23 Å². The van der Waals surface area contributed by atoms with Crippen LogP contribution in [-0.4, -0.2) is 54.4 Å². The Morgan fingerprint density at radius 2 is 1.46 bits per heavy atom. The molecular weight excluding hydrogens is 332 g/mol. The number of anilines is 4. The number of nitrogens with two attached hydrogens (primary N) is 1. The second kappa shape index (κ2) is 10.5. The van der Waals surface area contributed by atoms with Crippen LogP contribution < -0.4 is 21.3 Å². The summed E-state index contributed by atoms with van der Waals surface area (Å²) in [4.78, 5) is 1.90. The zero-order valence-electron chi connectivity index (χ0n) is 14.8. The average molecular weight is 360 g/mol. The van der Waals surface area contributed by atoms with Crippen molar-refractivity contribution in [3.63, 3.8) is 0 Å². The summed E-state index contributed by atoms with van der Waals surface area (Å²) in [7, 11) is 0. The summed E-state index contributed by atoms with van der Waals surface area (Å²) < 4.78 is 0. The van der Waals surface area contributed by atoms with Gasteiger partial charge in [-0.2, -0.15) is 0 Å². The van der Waals surface area contributed by atoms with Gasteiger partial charge in [-0.3, -0.25) is 0 Å². The topological polar surface area (TPSA) is 114 Å². The summed E-state index contributed by atoms with van der Waals surface area (Å²) in [5.41, 5.74) is 9.05. The highest BCUT2D eigenvalue weighted by atomic mass is 16.3. The maximum absolute atomic E-state index is 10.1. The molecule has 0 amide bonds. The normalized spacial score (nSPS) is 11.8. The summed E-state index contributed by atoms with van der Waals surface area (Å²) in [6.07, 6.45) is -0.138.